The maximum atomic E-state index is 13.2. The van der Waals surface area contributed by atoms with Crippen LogP contribution in [0.5, 0.6) is 5.88 Å². The number of amides is 1. The molecule has 0 bridgehead atoms. The van der Waals surface area contributed by atoms with Gasteiger partial charge in [0.05, 0.1) is 10.7 Å². The first kappa shape index (κ1) is 20.6. The molecule has 11 heteroatoms. The molecule has 0 radical (unpaired) electrons. The smallest absolute Gasteiger partial charge is 0.435 e. The van der Waals surface area contributed by atoms with Gasteiger partial charge in [0.25, 0.3) is 5.91 Å². The van der Waals surface area contributed by atoms with Gasteiger partial charge in [0.15, 0.2) is 12.3 Å². The SMILES string of the molecule is O=C(COc1cc(C(F)(F)F)nn1-c1ccccc1Cl)Nc1cc(F)cc(F)c1. The summed E-state index contributed by atoms with van der Waals surface area (Å²) in [5.74, 6) is -3.07. The normalized spacial score (nSPS) is 11.4. The standard InChI is InChI=1S/C18H11ClF5N3O2/c19-13-3-1-2-4-14(13)27-17(8-15(26-27)18(22,23)24)29-9-16(28)25-12-6-10(20)5-11(21)7-12/h1-8H,9H2,(H,25,28). The van der Waals surface area contributed by atoms with Crippen molar-refractivity contribution in [1.29, 1.82) is 0 Å². The van der Waals surface area contributed by atoms with Crippen molar-refractivity contribution in [3.05, 3.63) is 70.9 Å². The topological polar surface area (TPSA) is 56.1 Å². The maximum Gasteiger partial charge on any atom is 0.435 e. The average molecular weight is 432 g/mol. The highest BCUT2D eigenvalue weighted by Crippen LogP contribution is 2.33. The van der Waals surface area contributed by atoms with E-state index in [4.69, 9.17) is 16.3 Å². The van der Waals surface area contributed by atoms with E-state index in [0.717, 1.165) is 16.8 Å². The molecule has 1 N–H and O–H groups in total. The predicted molar refractivity (Wildman–Crippen MR) is 94.1 cm³/mol. The number of ether oxygens (including phenoxy) is 1. The van der Waals surface area contributed by atoms with Gasteiger partial charge in [-0.2, -0.15) is 23.0 Å². The zero-order valence-electron chi connectivity index (χ0n) is 14.3. The number of para-hydroxylation sites is 1. The van der Waals surface area contributed by atoms with Crippen molar-refractivity contribution < 1.29 is 31.5 Å². The number of benzene rings is 2. The Balaban J connectivity index is 1.81. The fourth-order valence-electron chi connectivity index (χ4n) is 2.36. The average Bonchev–Trinajstić information content (AvgIpc) is 3.04. The summed E-state index contributed by atoms with van der Waals surface area (Å²) < 4.78 is 71.4. The minimum Gasteiger partial charge on any atom is -0.467 e. The van der Waals surface area contributed by atoms with E-state index in [0.29, 0.717) is 12.1 Å². The number of aromatic nitrogens is 2. The van der Waals surface area contributed by atoms with Crippen LogP contribution in [0.1, 0.15) is 5.69 Å². The van der Waals surface area contributed by atoms with E-state index < -0.39 is 41.9 Å². The van der Waals surface area contributed by atoms with Crippen LogP contribution in [0.3, 0.4) is 0 Å². The van der Waals surface area contributed by atoms with Crippen molar-refractivity contribution in [1.82, 2.24) is 9.78 Å². The molecule has 1 amide bonds. The lowest BCUT2D eigenvalue weighted by Gasteiger charge is -2.11. The molecule has 3 aromatic rings. The number of hydrogen-bond acceptors (Lipinski definition) is 3. The molecule has 0 unspecified atom stereocenters. The minimum absolute atomic E-state index is 0.104. The monoisotopic (exact) mass is 431 g/mol. The molecular formula is C18H11ClF5N3O2. The second-order valence-corrected chi connectivity index (χ2v) is 6.13. The highest BCUT2D eigenvalue weighted by molar-refractivity contribution is 6.32. The zero-order chi connectivity index (χ0) is 21.2. The number of anilines is 1. The van der Waals surface area contributed by atoms with Gasteiger partial charge in [0, 0.05) is 17.8 Å². The highest BCUT2D eigenvalue weighted by Gasteiger charge is 2.36. The van der Waals surface area contributed by atoms with Gasteiger partial charge in [-0.1, -0.05) is 23.7 Å². The van der Waals surface area contributed by atoms with Crippen LogP contribution in [0.4, 0.5) is 27.6 Å². The molecule has 0 aliphatic heterocycles. The van der Waals surface area contributed by atoms with Crippen molar-refractivity contribution >= 4 is 23.2 Å². The Morgan fingerprint density at radius 3 is 2.38 bits per heavy atom. The first-order valence-electron chi connectivity index (χ1n) is 7.94. The summed E-state index contributed by atoms with van der Waals surface area (Å²) >= 11 is 6.01. The summed E-state index contributed by atoms with van der Waals surface area (Å²) in [4.78, 5) is 12.0. The third-order valence-corrected chi connectivity index (χ3v) is 3.86. The van der Waals surface area contributed by atoms with E-state index in [1.165, 1.54) is 18.2 Å². The van der Waals surface area contributed by atoms with Gasteiger partial charge >= 0.3 is 6.18 Å². The van der Waals surface area contributed by atoms with Gasteiger partial charge < -0.3 is 10.1 Å². The number of carbonyl (C=O) groups excluding carboxylic acids is 1. The number of nitrogens with zero attached hydrogens (tertiary/aromatic N) is 2. The molecular weight excluding hydrogens is 421 g/mol. The van der Waals surface area contributed by atoms with E-state index in [1.807, 2.05) is 0 Å². The number of nitrogens with one attached hydrogen (secondary N) is 1. The van der Waals surface area contributed by atoms with Crippen molar-refractivity contribution in [2.75, 3.05) is 11.9 Å². The largest absolute Gasteiger partial charge is 0.467 e. The Labute approximate surface area is 165 Å². The van der Waals surface area contributed by atoms with Gasteiger partial charge in [0.2, 0.25) is 5.88 Å². The summed E-state index contributed by atoms with van der Waals surface area (Å²) in [6.07, 6.45) is -4.76. The van der Waals surface area contributed by atoms with Crippen molar-refractivity contribution in [3.8, 4) is 11.6 Å². The van der Waals surface area contributed by atoms with Gasteiger partial charge in [0.1, 0.15) is 11.6 Å². The van der Waals surface area contributed by atoms with Crippen LogP contribution in [0.15, 0.2) is 48.5 Å². The molecule has 1 aromatic heterocycles. The summed E-state index contributed by atoms with van der Waals surface area (Å²) in [6, 6.07) is 8.94. The third kappa shape index (κ3) is 5.02. The molecule has 0 spiro atoms. The molecule has 5 nitrogen and oxygen atoms in total. The number of rotatable bonds is 5. The van der Waals surface area contributed by atoms with Crippen LogP contribution >= 0.6 is 11.6 Å². The first-order chi connectivity index (χ1) is 13.6. The number of halogens is 6. The lowest BCUT2D eigenvalue weighted by molar-refractivity contribution is -0.141. The van der Waals surface area contributed by atoms with E-state index in [9.17, 15) is 26.7 Å². The lowest BCUT2D eigenvalue weighted by atomic mass is 10.3. The second-order valence-electron chi connectivity index (χ2n) is 5.72. The predicted octanol–water partition coefficient (Wildman–Crippen LogP) is 4.84. The Morgan fingerprint density at radius 1 is 1.10 bits per heavy atom. The Bertz CT molecular complexity index is 1030. The van der Waals surface area contributed by atoms with E-state index >= 15 is 0 Å². The molecule has 152 valence electrons. The van der Waals surface area contributed by atoms with Crippen LogP contribution in [0.25, 0.3) is 5.69 Å². The molecule has 0 saturated carbocycles. The lowest BCUT2D eigenvalue weighted by Crippen LogP contribution is -2.21. The Hall–Kier alpha value is -3.14. The van der Waals surface area contributed by atoms with E-state index in [2.05, 4.69) is 10.4 Å². The number of alkyl halides is 3. The van der Waals surface area contributed by atoms with Crippen LogP contribution in [-0.2, 0) is 11.0 Å². The molecule has 0 aliphatic carbocycles. The third-order valence-electron chi connectivity index (χ3n) is 3.55. The molecule has 2 aromatic carbocycles. The van der Waals surface area contributed by atoms with E-state index in [-0.39, 0.29) is 16.4 Å². The molecule has 0 fully saturated rings. The van der Waals surface area contributed by atoms with Crippen LogP contribution in [0.2, 0.25) is 5.02 Å². The Morgan fingerprint density at radius 2 is 1.76 bits per heavy atom. The molecule has 0 saturated heterocycles. The van der Waals surface area contributed by atoms with E-state index in [1.54, 1.807) is 6.07 Å². The molecule has 0 atom stereocenters. The van der Waals surface area contributed by atoms with Crippen LogP contribution < -0.4 is 10.1 Å². The summed E-state index contributed by atoms with van der Waals surface area (Å²) in [7, 11) is 0. The van der Waals surface area contributed by atoms with Crippen molar-refractivity contribution in [2.24, 2.45) is 0 Å². The number of hydrogen-bond donors (Lipinski definition) is 1. The van der Waals surface area contributed by atoms with Gasteiger partial charge in [-0.05, 0) is 24.3 Å². The first-order valence-corrected chi connectivity index (χ1v) is 8.32. The quantitative estimate of drug-likeness (QED) is 0.588. The van der Waals surface area contributed by atoms with Gasteiger partial charge in [-0.3, -0.25) is 4.79 Å². The van der Waals surface area contributed by atoms with Crippen molar-refractivity contribution in [3.63, 3.8) is 0 Å². The van der Waals surface area contributed by atoms with Gasteiger partial charge in [-0.15, -0.1) is 0 Å². The highest BCUT2D eigenvalue weighted by atomic mass is 35.5. The Kier molecular flexibility index (Phi) is 5.73. The minimum atomic E-state index is -4.76. The maximum absolute atomic E-state index is 13.2. The molecule has 29 heavy (non-hydrogen) atoms. The summed E-state index contributed by atoms with van der Waals surface area (Å²) in [6.45, 7) is -0.744. The molecule has 0 aliphatic rings. The van der Waals surface area contributed by atoms with Crippen molar-refractivity contribution in [2.45, 2.75) is 6.18 Å². The fraction of sp³-hybridized carbons (Fsp3) is 0.111. The van der Waals surface area contributed by atoms with Gasteiger partial charge in [-0.25, -0.2) is 8.78 Å². The number of carbonyl (C=O) groups is 1. The fourth-order valence-corrected chi connectivity index (χ4v) is 2.58. The van der Waals surface area contributed by atoms with Crippen LogP contribution in [-0.4, -0.2) is 22.3 Å². The van der Waals surface area contributed by atoms with Crippen LogP contribution in [0, 0.1) is 11.6 Å². The second kappa shape index (κ2) is 8.08. The summed E-state index contributed by atoms with van der Waals surface area (Å²) in [5.41, 5.74) is -1.32. The zero-order valence-corrected chi connectivity index (χ0v) is 15.1. The summed E-state index contributed by atoms with van der Waals surface area (Å²) in [5, 5.41) is 5.73. The molecule has 1 heterocycles. The molecule has 3 rings (SSSR count).